The Morgan fingerprint density at radius 3 is 2.61 bits per heavy atom. The van der Waals surface area contributed by atoms with Gasteiger partial charge in [0, 0.05) is 11.3 Å². The van der Waals surface area contributed by atoms with Gasteiger partial charge in [-0.1, -0.05) is 12.1 Å². The van der Waals surface area contributed by atoms with Crippen molar-refractivity contribution < 1.29 is 13.6 Å². The Kier molecular flexibility index (Phi) is 4.71. The quantitative estimate of drug-likeness (QED) is 0.722. The topological polar surface area (TPSA) is 46.9 Å². The minimum Gasteiger partial charge on any atom is -0.345 e. The minimum absolute atomic E-state index is 0.324. The number of carbonyl (C=O) groups is 1. The third kappa shape index (κ3) is 3.19. The Balaban J connectivity index is 1.64. The van der Waals surface area contributed by atoms with Gasteiger partial charge >= 0.3 is 0 Å². The van der Waals surface area contributed by atoms with E-state index in [1.807, 2.05) is 10.7 Å². The van der Waals surface area contributed by atoms with Gasteiger partial charge < -0.3 is 5.32 Å². The molecule has 28 heavy (non-hydrogen) atoms. The third-order valence-electron chi connectivity index (χ3n) is 5.41. The summed E-state index contributed by atoms with van der Waals surface area (Å²) >= 11 is 0. The first-order chi connectivity index (χ1) is 13.5. The van der Waals surface area contributed by atoms with Crippen molar-refractivity contribution in [2.75, 3.05) is 0 Å². The molecule has 0 radical (unpaired) electrons. The summed E-state index contributed by atoms with van der Waals surface area (Å²) in [6.45, 7) is 4.12. The number of fused-ring (bicyclic) bond motifs is 1. The molecule has 144 valence electrons. The van der Waals surface area contributed by atoms with Crippen LogP contribution in [-0.4, -0.2) is 15.7 Å². The van der Waals surface area contributed by atoms with Gasteiger partial charge in [-0.3, -0.25) is 4.79 Å². The molecule has 0 bridgehead atoms. The summed E-state index contributed by atoms with van der Waals surface area (Å²) in [4.78, 5) is 12.5. The number of aryl methyl sites for hydroxylation is 2. The number of benzene rings is 2. The number of amides is 1. The first kappa shape index (κ1) is 18.3. The van der Waals surface area contributed by atoms with Gasteiger partial charge in [0.2, 0.25) is 0 Å². The highest BCUT2D eigenvalue weighted by Gasteiger charge is 2.28. The number of carbonyl (C=O) groups excluding carboxylic acids is 1. The van der Waals surface area contributed by atoms with Gasteiger partial charge in [0.25, 0.3) is 5.91 Å². The fourth-order valence-corrected chi connectivity index (χ4v) is 3.73. The van der Waals surface area contributed by atoms with Crippen LogP contribution >= 0.6 is 0 Å². The summed E-state index contributed by atoms with van der Waals surface area (Å²) in [5.74, 6) is -2.47. The van der Waals surface area contributed by atoms with Gasteiger partial charge in [-0.05, 0) is 68.5 Å². The van der Waals surface area contributed by atoms with Crippen molar-refractivity contribution in [3.63, 3.8) is 0 Å². The van der Waals surface area contributed by atoms with E-state index in [1.165, 1.54) is 17.2 Å². The summed E-state index contributed by atoms with van der Waals surface area (Å²) in [6.07, 6.45) is 4.14. The predicted octanol–water partition coefficient (Wildman–Crippen LogP) is 4.57. The maximum Gasteiger partial charge on any atom is 0.257 e. The van der Waals surface area contributed by atoms with Gasteiger partial charge in [0.05, 0.1) is 17.9 Å². The van der Waals surface area contributed by atoms with Crippen molar-refractivity contribution >= 4 is 5.91 Å². The molecule has 4 rings (SSSR count). The van der Waals surface area contributed by atoms with Crippen LogP contribution < -0.4 is 5.32 Å². The maximum atomic E-state index is 13.9. The van der Waals surface area contributed by atoms with Crippen LogP contribution in [0.2, 0.25) is 0 Å². The largest absolute Gasteiger partial charge is 0.345 e. The van der Waals surface area contributed by atoms with E-state index in [2.05, 4.69) is 36.4 Å². The van der Waals surface area contributed by atoms with E-state index in [4.69, 9.17) is 0 Å². The van der Waals surface area contributed by atoms with E-state index >= 15 is 0 Å². The lowest BCUT2D eigenvalue weighted by molar-refractivity contribution is 0.0924. The summed E-state index contributed by atoms with van der Waals surface area (Å²) in [6, 6.07) is 9.25. The molecule has 1 N–H and O–H groups in total. The van der Waals surface area contributed by atoms with Crippen molar-refractivity contribution in [1.29, 1.82) is 0 Å². The van der Waals surface area contributed by atoms with Crippen molar-refractivity contribution in [2.24, 2.45) is 0 Å². The first-order valence-electron chi connectivity index (χ1n) is 9.35. The minimum atomic E-state index is -0.862. The van der Waals surface area contributed by atoms with E-state index < -0.39 is 23.1 Å². The number of nitrogens with zero attached hydrogens (tertiary/aromatic N) is 2. The van der Waals surface area contributed by atoms with Gasteiger partial charge in [-0.25, -0.2) is 13.5 Å². The van der Waals surface area contributed by atoms with Crippen molar-refractivity contribution in [3.8, 4) is 5.69 Å². The molecule has 3 aromatic rings. The van der Waals surface area contributed by atoms with E-state index in [1.54, 1.807) is 6.20 Å². The molecule has 0 fully saturated rings. The zero-order chi connectivity index (χ0) is 19.8. The Labute approximate surface area is 162 Å². The fraction of sp³-hybridized carbons (Fsp3) is 0.273. The number of aromatic nitrogens is 2. The summed E-state index contributed by atoms with van der Waals surface area (Å²) in [5, 5.41) is 7.31. The molecule has 0 spiro atoms. The second kappa shape index (κ2) is 7.19. The van der Waals surface area contributed by atoms with E-state index in [0.29, 0.717) is 6.42 Å². The van der Waals surface area contributed by atoms with Gasteiger partial charge in [0.1, 0.15) is 17.2 Å². The average molecular weight is 381 g/mol. The van der Waals surface area contributed by atoms with Crippen LogP contribution in [0.4, 0.5) is 8.78 Å². The zero-order valence-corrected chi connectivity index (χ0v) is 15.8. The number of nitrogens with one attached hydrogen (secondary N) is 1. The molecule has 6 heteroatoms. The molecule has 4 nitrogen and oxygen atoms in total. The summed E-state index contributed by atoms with van der Waals surface area (Å²) in [7, 11) is 0. The number of rotatable bonds is 3. The van der Waals surface area contributed by atoms with Gasteiger partial charge in [-0.2, -0.15) is 5.10 Å². The summed E-state index contributed by atoms with van der Waals surface area (Å²) in [5.41, 5.74) is 4.73. The van der Waals surface area contributed by atoms with Crippen molar-refractivity contribution in [1.82, 2.24) is 15.1 Å². The Morgan fingerprint density at radius 2 is 1.89 bits per heavy atom. The van der Waals surface area contributed by atoms with Crippen LogP contribution in [0.1, 0.15) is 51.6 Å². The molecule has 1 aromatic heterocycles. The second-order valence-electron chi connectivity index (χ2n) is 7.24. The van der Waals surface area contributed by atoms with Crippen LogP contribution in [0.25, 0.3) is 5.69 Å². The lowest BCUT2D eigenvalue weighted by atomic mass is 9.92. The highest BCUT2D eigenvalue weighted by atomic mass is 19.1. The maximum absolute atomic E-state index is 13.9. The van der Waals surface area contributed by atoms with Crippen LogP contribution in [0.3, 0.4) is 0 Å². The predicted molar refractivity (Wildman–Crippen MR) is 103 cm³/mol. The molecule has 0 unspecified atom stereocenters. The molecule has 1 heterocycles. The summed E-state index contributed by atoms with van der Waals surface area (Å²) < 4.78 is 29.8. The van der Waals surface area contributed by atoms with E-state index in [0.717, 1.165) is 41.9 Å². The smallest absolute Gasteiger partial charge is 0.257 e. The molecule has 1 atom stereocenters. The third-order valence-corrected chi connectivity index (χ3v) is 5.41. The molecule has 0 saturated heterocycles. The van der Waals surface area contributed by atoms with Gasteiger partial charge in [-0.15, -0.1) is 0 Å². The van der Waals surface area contributed by atoms with Crippen LogP contribution in [0.5, 0.6) is 0 Å². The lowest BCUT2D eigenvalue weighted by Gasteiger charge is -2.24. The number of hydrogen-bond acceptors (Lipinski definition) is 2. The Morgan fingerprint density at radius 1 is 1.14 bits per heavy atom. The average Bonchev–Trinajstić information content (AvgIpc) is 3.09. The Hall–Kier alpha value is -3.02. The van der Waals surface area contributed by atoms with Crippen molar-refractivity contribution in [2.45, 2.75) is 39.2 Å². The lowest BCUT2D eigenvalue weighted by Crippen LogP contribution is -2.32. The zero-order valence-electron chi connectivity index (χ0n) is 15.8. The van der Waals surface area contributed by atoms with Crippen LogP contribution in [0.15, 0.2) is 42.6 Å². The molecule has 1 amide bonds. The molecule has 1 aliphatic rings. The van der Waals surface area contributed by atoms with Crippen LogP contribution in [0, 0.1) is 25.5 Å². The molecule has 1 aliphatic carbocycles. The first-order valence-corrected chi connectivity index (χ1v) is 9.35. The molecular formula is C22H21F2N3O. The van der Waals surface area contributed by atoms with E-state index in [9.17, 15) is 13.6 Å². The van der Waals surface area contributed by atoms with Crippen LogP contribution in [-0.2, 0) is 6.42 Å². The van der Waals surface area contributed by atoms with Gasteiger partial charge in [0.15, 0.2) is 0 Å². The molecular weight excluding hydrogens is 360 g/mol. The SMILES string of the molecule is Cc1ccc(-n2ncc3c2CCC[C@H]3NC(=O)c2c(F)cccc2F)cc1C. The monoisotopic (exact) mass is 381 g/mol. The normalized spacial score (nSPS) is 15.9. The standard InChI is InChI=1S/C22H21F2N3O/c1-13-9-10-15(11-14(13)2)27-20-8-4-7-19(16(20)12-25-27)26-22(28)21-17(23)5-3-6-18(21)24/h3,5-6,9-12,19H,4,7-8H2,1-2H3,(H,26,28)/t19-/m1/s1. The van der Waals surface area contributed by atoms with E-state index in [-0.39, 0.29) is 6.04 Å². The Bertz CT molecular complexity index is 1040. The highest BCUT2D eigenvalue weighted by molar-refractivity contribution is 5.95. The molecule has 2 aromatic carbocycles. The molecule has 0 aliphatic heterocycles. The fourth-order valence-electron chi connectivity index (χ4n) is 3.73. The highest BCUT2D eigenvalue weighted by Crippen LogP contribution is 2.32. The van der Waals surface area contributed by atoms with Crippen molar-refractivity contribution in [3.05, 3.63) is 82.2 Å². The molecule has 0 saturated carbocycles. The number of halogens is 2. The number of hydrogen-bond donors (Lipinski definition) is 1. The second-order valence-corrected chi connectivity index (χ2v) is 7.24.